The number of nitrogens with one attached hydrogen (secondary N) is 1. The zero-order valence-electron chi connectivity index (χ0n) is 14.3. The van der Waals surface area contributed by atoms with Gasteiger partial charge in [0, 0.05) is 6.54 Å². The van der Waals surface area contributed by atoms with Gasteiger partial charge in [0.1, 0.15) is 0 Å². The predicted molar refractivity (Wildman–Crippen MR) is 92.4 cm³/mol. The standard InChI is InChI=1S/C20H25NO3/c1-12(2)16-14-8-9-15(16)18(20(23)24)17(14)19(22)21-11-10-13-6-4-3-5-7-13/h3-7,14-15,17-18H,8-11H2,1-2H3,(H,21,22)(H,23,24)/t14-,15+,17+,18+/m0/s1. The number of aliphatic carboxylic acids is 1. The maximum atomic E-state index is 12.7. The zero-order valence-corrected chi connectivity index (χ0v) is 14.3. The molecule has 128 valence electrons. The average molecular weight is 327 g/mol. The zero-order chi connectivity index (χ0) is 17.3. The smallest absolute Gasteiger partial charge is 0.307 e. The average Bonchev–Trinajstić information content (AvgIpc) is 3.11. The molecule has 4 nitrogen and oxygen atoms in total. The van der Waals surface area contributed by atoms with Crippen molar-refractivity contribution in [1.82, 2.24) is 5.32 Å². The Bertz CT molecular complexity index is 661. The molecule has 1 amide bonds. The SMILES string of the molecule is CC(C)=C1[C@H]2CC[C@@H]1[C@@H](C(=O)NCCc1ccccc1)[C@@H]2C(=O)O. The summed E-state index contributed by atoms with van der Waals surface area (Å²) in [6, 6.07) is 10.00. The first-order valence-electron chi connectivity index (χ1n) is 8.72. The minimum atomic E-state index is -0.829. The number of fused-ring (bicyclic) bond motifs is 2. The third-order valence-corrected chi connectivity index (χ3v) is 5.56. The Balaban J connectivity index is 1.69. The third-order valence-electron chi connectivity index (χ3n) is 5.56. The molecule has 24 heavy (non-hydrogen) atoms. The van der Waals surface area contributed by atoms with Crippen LogP contribution in [0.25, 0.3) is 0 Å². The number of hydrogen-bond acceptors (Lipinski definition) is 2. The van der Waals surface area contributed by atoms with Gasteiger partial charge < -0.3 is 10.4 Å². The van der Waals surface area contributed by atoms with Gasteiger partial charge in [-0.25, -0.2) is 0 Å². The summed E-state index contributed by atoms with van der Waals surface area (Å²) in [6.45, 7) is 4.62. The molecule has 1 aromatic rings. The monoisotopic (exact) mass is 327 g/mol. The molecule has 0 unspecified atom stereocenters. The Morgan fingerprint density at radius 2 is 1.71 bits per heavy atom. The Hall–Kier alpha value is -2.10. The van der Waals surface area contributed by atoms with Gasteiger partial charge in [-0.1, -0.05) is 41.5 Å². The lowest BCUT2D eigenvalue weighted by Crippen LogP contribution is -2.41. The Morgan fingerprint density at radius 3 is 2.29 bits per heavy atom. The Morgan fingerprint density at radius 1 is 1.08 bits per heavy atom. The lowest BCUT2D eigenvalue weighted by Gasteiger charge is -2.26. The van der Waals surface area contributed by atoms with E-state index in [4.69, 9.17) is 0 Å². The van der Waals surface area contributed by atoms with Crippen molar-refractivity contribution in [1.29, 1.82) is 0 Å². The highest BCUT2D eigenvalue weighted by molar-refractivity contribution is 5.87. The second-order valence-electron chi connectivity index (χ2n) is 7.16. The van der Waals surface area contributed by atoms with Crippen LogP contribution >= 0.6 is 0 Å². The molecule has 3 rings (SSSR count). The second kappa shape index (κ2) is 6.80. The third kappa shape index (κ3) is 2.97. The van der Waals surface area contributed by atoms with Crippen molar-refractivity contribution < 1.29 is 14.7 Å². The van der Waals surface area contributed by atoms with Crippen LogP contribution in [-0.4, -0.2) is 23.5 Å². The van der Waals surface area contributed by atoms with Gasteiger partial charge in [-0.15, -0.1) is 0 Å². The number of rotatable bonds is 5. The normalized spacial score (nSPS) is 28.0. The van der Waals surface area contributed by atoms with Crippen LogP contribution in [-0.2, 0) is 16.0 Å². The van der Waals surface area contributed by atoms with Gasteiger partial charge in [-0.2, -0.15) is 0 Å². The minimum Gasteiger partial charge on any atom is -0.481 e. The van der Waals surface area contributed by atoms with Crippen molar-refractivity contribution in [3.8, 4) is 0 Å². The van der Waals surface area contributed by atoms with Gasteiger partial charge in [-0.05, 0) is 50.5 Å². The molecule has 0 spiro atoms. The quantitative estimate of drug-likeness (QED) is 0.817. The van der Waals surface area contributed by atoms with Crippen molar-refractivity contribution in [2.45, 2.75) is 33.1 Å². The maximum absolute atomic E-state index is 12.7. The molecule has 2 bridgehead atoms. The van der Waals surface area contributed by atoms with Gasteiger partial charge >= 0.3 is 5.97 Å². The van der Waals surface area contributed by atoms with Gasteiger partial charge in [-0.3, -0.25) is 9.59 Å². The molecule has 1 aromatic carbocycles. The van der Waals surface area contributed by atoms with Crippen LogP contribution in [0, 0.1) is 23.7 Å². The highest BCUT2D eigenvalue weighted by atomic mass is 16.4. The molecule has 2 saturated carbocycles. The number of carbonyl (C=O) groups excluding carboxylic acids is 1. The molecule has 0 radical (unpaired) electrons. The van der Waals surface area contributed by atoms with Crippen molar-refractivity contribution in [3.63, 3.8) is 0 Å². The van der Waals surface area contributed by atoms with Gasteiger partial charge in [0.15, 0.2) is 0 Å². The summed E-state index contributed by atoms with van der Waals surface area (Å²) in [5, 5.41) is 12.6. The number of amides is 1. The lowest BCUT2D eigenvalue weighted by atomic mass is 9.78. The molecule has 2 aliphatic carbocycles. The molecule has 4 atom stereocenters. The summed E-state index contributed by atoms with van der Waals surface area (Å²) in [6.07, 6.45) is 2.60. The van der Waals surface area contributed by atoms with E-state index in [1.807, 2.05) is 44.2 Å². The van der Waals surface area contributed by atoms with E-state index >= 15 is 0 Å². The summed E-state index contributed by atoms with van der Waals surface area (Å²) in [7, 11) is 0. The summed E-state index contributed by atoms with van der Waals surface area (Å²) in [5.41, 5.74) is 3.59. The number of hydrogen-bond donors (Lipinski definition) is 2. The van der Waals surface area contributed by atoms with Crippen molar-refractivity contribution in [2.75, 3.05) is 6.54 Å². The van der Waals surface area contributed by atoms with Crippen LogP contribution in [0.4, 0.5) is 0 Å². The largest absolute Gasteiger partial charge is 0.481 e. The molecule has 2 fully saturated rings. The summed E-state index contributed by atoms with van der Waals surface area (Å²) >= 11 is 0. The number of carbonyl (C=O) groups is 2. The molecular weight excluding hydrogens is 302 g/mol. The predicted octanol–water partition coefficient (Wildman–Crippen LogP) is 3.04. The van der Waals surface area contributed by atoms with Gasteiger partial charge in [0.05, 0.1) is 11.8 Å². The lowest BCUT2D eigenvalue weighted by molar-refractivity contribution is -0.149. The van der Waals surface area contributed by atoms with E-state index in [-0.39, 0.29) is 17.7 Å². The number of allylic oxidation sites excluding steroid dienone is 2. The highest BCUT2D eigenvalue weighted by Gasteiger charge is 2.57. The molecule has 0 aromatic heterocycles. The number of benzene rings is 1. The van der Waals surface area contributed by atoms with E-state index in [1.54, 1.807) is 0 Å². The van der Waals surface area contributed by atoms with Crippen LogP contribution < -0.4 is 5.32 Å². The van der Waals surface area contributed by atoms with Gasteiger partial charge in [0.25, 0.3) is 0 Å². The van der Waals surface area contributed by atoms with Crippen LogP contribution in [0.1, 0.15) is 32.3 Å². The van der Waals surface area contributed by atoms with Crippen LogP contribution in [0.2, 0.25) is 0 Å². The fourth-order valence-electron chi connectivity index (χ4n) is 4.70. The van der Waals surface area contributed by atoms with E-state index in [1.165, 1.54) is 16.7 Å². The maximum Gasteiger partial charge on any atom is 0.307 e. The number of carboxylic acids is 1. The van der Waals surface area contributed by atoms with Crippen molar-refractivity contribution >= 4 is 11.9 Å². The fourth-order valence-corrected chi connectivity index (χ4v) is 4.70. The van der Waals surface area contributed by atoms with Crippen LogP contribution in [0.15, 0.2) is 41.5 Å². The van der Waals surface area contributed by atoms with E-state index in [2.05, 4.69) is 5.32 Å². The molecule has 0 heterocycles. The van der Waals surface area contributed by atoms with E-state index in [0.29, 0.717) is 6.54 Å². The molecule has 4 heteroatoms. The summed E-state index contributed by atoms with van der Waals surface area (Å²) < 4.78 is 0. The molecule has 2 aliphatic rings. The first kappa shape index (κ1) is 16.7. The fraction of sp³-hybridized carbons (Fsp3) is 0.500. The van der Waals surface area contributed by atoms with E-state index in [0.717, 1.165) is 19.3 Å². The van der Waals surface area contributed by atoms with Gasteiger partial charge in [0.2, 0.25) is 5.91 Å². The van der Waals surface area contributed by atoms with Crippen LogP contribution in [0.3, 0.4) is 0 Å². The molecule has 0 aliphatic heterocycles. The Labute approximate surface area is 143 Å². The first-order valence-corrected chi connectivity index (χ1v) is 8.72. The van der Waals surface area contributed by atoms with Crippen LogP contribution in [0.5, 0.6) is 0 Å². The molecule has 2 N–H and O–H groups in total. The minimum absolute atomic E-state index is 0.0439. The second-order valence-corrected chi connectivity index (χ2v) is 7.16. The molecule has 0 saturated heterocycles. The van der Waals surface area contributed by atoms with E-state index in [9.17, 15) is 14.7 Å². The summed E-state index contributed by atoms with van der Waals surface area (Å²) in [5.74, 6) is -1.75. The van der Waals surface area contributed by atoms with Crippen molar-refractivity contribution in [2.24, 2.45) is 23.7 Å². The topological polar surface area (TPSA) is 66.4 Å². The highest BCUT2D eigenvalue weighted by Crippen LogP contribution is 2.57. The first-order chi connectivity index (χ1) is 11.5. The van der Waals surface area contributed by atoms with E-state index < -0.39 is 17.8 Å². The Kier molecular flexibility index (Phi) is 4.74. The number of carboxylic acid groups (broad SMARTS) is 1. The summed E-state index contributed by atoms with van der Waals surface area (Å²) in [4.78, 5) is 24.5. The van der Waals surface area contributed by atoms with Crippen molar-refractivity contribution in [3.05, 3.63) is 47.0 Å². The molecular formula is C20H25NO3.